The van der Waals surface area contributed by atoms with Crippen LogP contribution in [0.2, 0.25) is 0 Å². The van der Waals surface area contributed by atoms with E-state index in [0.717, 1.165) is 47.2 Å². The fraction of sp³-hybridized carbons (Fsp3) is 0.387. The van der Waals surface area contributed by atoms with Crippen molar-refractivity contribution in [2.75, 3.05) is 44.8 Å². The maximum absolute atomic E-state index is 13.4. The topological polar surface area (TPSA) is 51.2 Å². The lowest BCUT2D eigenvalue weighted by Crippen LogP contribution is -2.48. The third-order valence-corrected chi connectivity index (χ3v) is 6.69. The lowest BCUT2D eigenvalue weighted by molar-refractivity contribution is 0.0746. The number of amides is 1. The van der Waals surface area contributed by atoms with Gasteiger partial charge in [0.1, 0.15) is 23.9 Å². The van der Waals surface area contributed by atoms with E-state index in [2.05, 4.69) is 43.9 Å². The van der Waals surface area contributed by atoms with Crippen molar-refractivity contribution >= 4 is 11.6 Å². The molecule has 4 rings (SSSR count). The molecule has 1 aliphatic rings. The van der Waals surface area contributed by atoms with E-state index in [-0.39, 0.29) is 11.3 Å². The Hall–Kier alpha value is -3.67. The van der Waals surface area contributed by atoms with Crippen LogP contribution in [0.25, 0.3) is 0 Å². The molecule has 0 radical (unpaired) electrons. The maximum atomic E-state index is 13.4. The molecule has 0 N–H and O–H groups in total. The summed E-state index contributed by atoms with van der Waals surface area (Å²) in [7, 11) is 1.67. The molecule has 6 heteroatoms. The number of methoxy groups -OCH3 is 1. The second-order valence-electron chi connectivity index (χ2n) is 10.3. The summed E-state index contributed by atoms with van der Waals surface area (Å²) < 4.78 is 17.4. The SMILES string of the molecule is CCOc1ccc(C(=O)N2CCN(c3ccc(OC)cc3)CC2)cc1COc1ccccc1C(C)(C)C. The molecule has 3 aromatic rings. The molecule has 6 nitrogen and oxygen atoms in total. The van der Waals surface area contributed by atoms with Gasteiger partial charge in [-0.25, -0.2) is 0 Å². The number of nitrogens with zero attached hydrogens (tertiary/aromatic N) is 2. The monoisotopic (exact) mass is 502 g/mol. The van der Waals surface area contributed by atoms with Crippen LogP contribution in [0.4, 0.5) is 5.69 Å². The van der Waals surface area contributed by atoms with Crippen LogP contribution in [0.3, 0.4) is 0 Å². The Morgan fingerprint density at radius 1 is 0.865 bits per heavy atom. The van der Waals surface area contributed by atoms with E-state index < -0.39 is 0 Å². The maximum Gasteiger partial charge on any atom is 0.253 e. The van der Waals surface area contributed by atoms with Crippen molar-refractivity contribution in [1.29, 1.82) is 0 Å². The standard InChI is InChI=1S/C31H38N2O4/c1-6-36-28-16-11-23(21-24(28)22-37-29-10-8-7-9-27(29)31(2,3)4)30(34)33-19-17-32(18-20-33)25-12-14-26(35-5)15-13-25/h7-16,21H,6,17-20,22H2,1-5H3. The smallest absolute Gasteiger partial charge is 0.253 e. The van der Waals surface area contributed by atoms with E-state index in [0.29, 0.717) is 31.9 Å². The molecule has 1 heterocycles. The quantitative estimate of drug-likeness (QED) is 0.382. The lowest BCUT2D eigenvalue weighted by atomic mass is 9.86. The average Bonchev–Trinajstić information content (AvgIpc) is 2.92. The molecular formula is C31H38N2O4. The van der Waals surface area contributed by atoms with Crippen molar-refractivity contribution in [3.63, 3.8) is 0 Å². The Morgan fingerprint density at radius 2 is 1.57 bits per heavy atom. The minimum absolute atomic E-state index is 0.0359. The zero-order chi connectivity index (χ0) is 26.4. The number of anilines is 1. The van der Waals surface area contributed by atoms with Crippen molar-refractivity contribution in [3.05, 3.63) is 83.4 Å². The number of carbonyl (C=O) groups is 1. The first kappa shape index (κ1) is 26.4. The molecule has 0 aliphatic carbocycles. The number of carbonyl (C=O) groups excluding carboxylic acids is 1. The van der Waals surface area contributed by atoms with Crippen molar-refractivity contribution in [3.8, 4) is 17.2 Å². The zero-order valence-electron chi connectivity index (χ0n) is 22.6. The molecule has 196 valence electrons. The van der Waals surface area contributed by atoms with Gasteiger partial charge in [-0.3, -0.25) is 4.79 Å². The van der Waals surface area contributed by atoms with Gasteiger partial charge in [0.25, 0.3) is 5.91 Å². The fourth-order valence-corrected chi connectivity index (χ4v) is 4.63. The molecule has 1 saturated heterocycles. The van der Waals surface area contributed by atoms with Gasteiger partial charge in [-0.05, 0) is 66.4 Å². The lowest BCUT2D eigenvalue weighted by Gasteiger charge is -2.36. The first-order chi connectivity index (χ1) is 17.8. The van der Waals surface area contributed by atoms with E-state index in [4.69, 9.17) is 14.2 Å². The molecule has 0 saturated carbocycles. The normalized spacial score (nSPS) is 13.9. The van der Waals surface area contributed by atoms with Gasteiger partial charge in [0, 0.05) is 43.0 Å². The predicted octanol–water partition coefficient (Wildman–Crippen LogP) is 5.93. The summed E-state index contributed by atoms with van der Waals surface area (Å²) >= 11 is 0. The highest BCUT2D eigenvalue weighted by Crippen LogP contribution is 2.32. The number of hydrogen-bond acceptors (Lipinski definition) is 5. The van der Waals surface area contributed by atoms with Crippen LogP contribution in [0.5, 0.6) is 17.2 Å². The summed E-state index contributed by atoms with van der Waals surface area (Å²) in [6.07, 6.45) is 0. The third-order valence-electron chi connectivity index (χ3n) is 6.69. The van der Waals surface area contributed by atoms with Crippen molar-refractivity contribution < 1.29 is 19.0 Å². The minimum atomic E-state index is -0.0366. The van der Waals surface area contributed by atoms with Crippen molar-refractivity contribution in [2.24, 2.45) is 0 Å². The molecule has 0 bridgehead atoms. The number of piperazine rings is 1. The van der Waals surface area contributed by atoms with Crippen LogP contribution in [0.1, 0.15) is 49.2 Å². The Bertz CT molecular complexity index is 1190. The van der Waals surface area contributed by atoms with Gasteiger partial charge in [0.2, 0.25) is 0 Å². The Labute approximate surface area is 220 Å². The van der Waals surface area contributed by atoms with E-state index in [1.807, 2.05) is 60.4 Å². The number of ether oxygens (including phenoxy) is 3. The molecule has 1 fully saturated rings. The zero-order valence-corrected chi connectivity index (χ0v) is 22.6. The van der Waals surface area contributed by atoms with Crippen LogP contribution in [0, 0.1) is 0 Å². The Kier molecular flexibility index (Phi) is 8.27. The highest BCUT2D eigenvalue weighted by atomic mass is 16.5. The van der Waals surface area contributed by atoms with Crippen molar-refractivity contribution in [2.45, 2.75) is 39.7 Å². The molecule has 37 heavy (non-hydrogen) atoms. The summed E-state index contributed by atoms with van der Waals surface area (Å²) in [5.41, 5.74) is 3.78. The van der Waals surface area contributed by atoms with Gasteiger partial charge < -0.3 is 24.0 Å². The average molecular weight is 503 g/mol. The summed E-state index contributed by atoms with van der Waals surface area (Å²) in [5, 5.41) is 0. The third kappa shape index (κ3) is 6.37. The molecular weight excluding hydrogens is 464 g/mol. The highest BCUT2D eigenvalue weighted by Gasteiger charge is 2.24. The fourth-order valence-electron chi connectivity index (χ4n) is 4.63. The summed E-state index contributed by atoms with van der Waals surface area (Å²) in [5.74, 6) is 2.48. The molecule has 3 aromatic carbocycles. The van der Waals surface area contributed by atoms with Crippen LogP contribution in [-0.4, -0.2) is 50.7 Å². The Balaban J connectivity index is 1.46. The number of hydrogen-bond donors (Lipinski definition) is 0. The van der Waals surface area contributed by atoms with Crippen LogP contribution >= 0.6 is 0 Å². The molecule has 1 amide bonds. The largest absolute Gasteiger partial charge is 0.497 e. The van der Waals surface area contributed by atoms with Gasteiger partial charge in [-0.2, -0.15) is 0 Å². The van der Waals surface area contributed by atoms with Crippen molar-refractivity contribution in [1.82, 2.24) is 4.90 Å². The second kappa shape index (κ2) is 11.6. The van der Waals surface area contributed by atoms with Gasteiger partial charge in [0.05, 0.1) is 13.7 Å². The minimum Gasteiger partial charge on any atom is -0.497 e. The van der Waals surface area contributed by atoms with E-state index >= 15 is 0 Å². The van der Waals surface area contributed by atoms with Crippen LogP contribution in [0.15, 0.2) is 66.7 Å². The van der Waals surface area contributed by atoms with Gasteiger partial charge in [0.15, 0.2) is 0 Å². The number of rotatable bonds is 8. The Morgan fingerprint density at radius 3 is 2.22 bits per heavy atom. The summed E-state index contributed by atoms with van der Waals surface area (Å²) in [4.78, 5) is 17.6. The molecule has 0 atom stereocenters. The molecule has 0 unspecified atom stereocenters. The summed E-state index contributed by atoms with van der Waals surface area (Å²) in [6, 6.07) is 21.8. The van der Waals surface area contributed by atoms with Gasteiger partial charge >= 0.3 is 0 Å². The highest BCUT2D eigenvalue weighted by molar-refractivity contribution is 5.94. The van der Waals surface area contributed by atoms with E-state index in [9.17, 15) is 4.79 Å². The van der Waals surface area contributed by atoms with Crippen LogP contribution < -0.4 is 19.1 Å². The molecule has 1 aliphatic heterocycles. The predicted molar refractivity (Wildman–Crippen MR) is 148 cm³/mol. The molecule has 0 spiro atoms. The van der Waals surface area contributed by atoms with Gasteiger partial charge in [-0.15, -0.1) is 0 Å². The summed E-state index contributed by atoms with van der Waals surface area (Å²) in [6.45, 7) is 12.3. The second-order valence-corrected chi connectivity index (χ2v) is 10.3. The van der Waals surface area contributed by atoms with E-state index in [1.165, 1.54) is 0 Å². The molecule has 0 aromatic heterocycles. The van der Waals surface area contributed by atoms with E-state index in [1.54, 1.807) is 7.11 Å². The van der Waals surface area contributed by atoms with Crippen LogP contribution in [-0.2, 0) is 12.0 Å². The first-order valence-electron chi connectivity index (χ1n) is 13.0. The number of para-hydroxylation sites is 1. The first-order valence-corrected chi connectivity index (χ1v) is 13.0. The van der Waals surface area contributed by atoms with Gasteiger partial charge in [-0.1, -0.05) is 39.0 Å². The number of benzene rings is 3.